The summed E-state index contributed by atoms with van der Waals surface area (Å²) >= 11 is 0. The van der Waals surface area contributed by atoms with E-state index in [0.29, 0.717) is 31.2 Å². The van der Waals surface area contributed by atoms with Gasteiger partial charge in [0.2, 0.25) is 5.91 Å². The highest BCUT2D eigenvalue weighted by Crippen LogP contribution is 2.45. The van der Waals surface area contributed by atoms with Crippen LogP contribution in [0.1, 0.15) is 83.8 Å². The molecule has 0 unspecified atom stereocenters. The van der Waals surface area contributed by atoms with E-state index in [4.69, 9.17) is 19.0 Å². The predicted octanol–water partition coefficient (Wildman–Crippen LogP) is 7.85. The smallest absolute Gasteiger partial charge is 0.252 e. The number of rotatable bonds is 13. The first kappa shape index (κ1) is 36.1. The zero-order chi connectivity index (χ0) is 33.8. The number of nitrogens with one attached hydrogen (secondary N) is 1. The first-order chi connectivity index (χ1) is 21.5. The monoisotopic (exact) mass is 662 g/mol. The summed E-state index contributed by atoms with van der Waals surface area (Å²) in [4.78, 5) is 15.3. The molecule has 0 spiro atoms. The number of halogens is 2. The SMILES string of the molecule is COc1ccc([C@]2(CCN(Cc3ccc(O[C@H]4CC[C@H](C[S@](C)(=N)=O)CC4)cc3)C(=O)C(C)(C)C(F)F)CCOC(C)(C)C2)cc1. The van der Waals surface area contributed by atoms with Crippen molar-refractivity contribution in [3.05, 3.63) is 59.7 Å². The van der Waals surface area contributed by atoms with E-state index in [1.54, 1.807) is 12.0 Å². The second kappa shape index (κ2) is 14.6. The van der Waals surface area contributed by atoms with Crippen molar-refractivity contribution in [2.75, 3.05) is 32.3 Å². The summed E-state index contributed by atoms with van der Waals surface area (Å²) in [5.41, 5.74) is -0.525. The van der Waals surface area contributed by atoms with Crippen molar-refractivity contribution < 1.29 is 32.0 Å². The Morgan fingerprint density at radius 2 is 1.67 bits per heavy atom. The van der Waals surface area contributed by atoms with Gasteiger partial charge < -0.3 is 19.1 Å². The molecule has 2 aliphatic rings. The van der Waals surface area contributed by atoms with E-state index in [1.165, 1.54) is 20.1 Å². The number of ether oxygens (including phenoxy) is 3. The fraction of sp³-hybridized carbons (Fsp3) is 0.639. The van der Waals surface area contributed by atoms with Gasteiger partial charge >= 0.3 is 0 Å². The summed E-state index contributed by atoms with van der Waals surface area (Å²) in [6.45, 7) is 7.88. The van der Waals surface area contributed by atoms with Gasteiger partial charge in [0.15, 0.2) is 0 Å². The fourth-order valence-corrected chi connectivity index (χ4v) is 8.31. The molecular weight excluding hydrogens is 610 g/mol. The summed E-state index contributed by atoms with van der Waals surface area (Å²) in [5.74, 6) is 1.66. The number of carbonyl (C=O) groups is 1. The van der Waals surface area contributed by atoms with Crippen LogP contribution in [0, 0.1) is 16.1 Å². The molecule has 2 aromatic rings. The number of hydrogen-bond donors (Lipinski definition) is 1. The minimum absolute atomic E-state index is 0.0588. The Bertz CT molecular complexity index is 1400. The maximum absolute atomic E-state index is 14.1. The van der Waals surface area contributed by atoms with Gasteiger partial charge in [0.25, 0.3) is 6.43 Å². The first-order valence-corrected chi connectivity index (χ1v) is 18.5. The number of carbonyl (C=O) groups excluding carboxylic acids is 1. The fourth-order valence-electron chi connectivity index (χ4n) is 7.08. The molecule has 1 amide bonds. The van der Waals surface area contributed by atoms with E-state index in [-0.39, 0.29) is 23.7 Å². The maximum atomic E-state index is 14.1. The molecule has 4 rings (SSSR count). The molecule has 0 radical (unpaired) electrons. The Morgan fingerprint density at radius 3 is 2.22 bits per heavy atom. The average molecular weight is 663 g/mol. The average Bonchev–Trinajstić information content (AvgIpc) is 2.99. The molecule has 256 valence electrons. The third-order valence-corrected chi connectivity index (χ3v) is 10.8. The standard InChI is InChI=1S/C36H52F2N2O5S/c1-34(2)25-36(20-22-44-34,28-11-17-29(43-5)18-12-28)19-21-40(33(41)35(3,4)32(37)38)23-26-7-13-30(14-8-26)45-31-15-9-27(10-16-31)24-46(6,39)42/h7-8,11-14,17-18,27,31-32,39H,9-10,15-16,19-25H2,1-6H3/t27-,31-,36-,46-/m1/s1. The lowest BCUT2D eigenvalue weighted by molar-refractivity contribution is -0.150. The molecule has 1 saturated carbocycles. The molecule has 46 heavy (non-hydrogen) atoms. The molecule has 0 bridgehead atoms. The van der Waals surface area contributed by atoms with Gasteiger partial charge in [0.05, 0.1) is 18.8 Å². The highest BCUT2D eigenvalue weighted by Gasteiger charge is 2.44. The maximum Gasteiger partial charge on any atom is 0.252 e. The topological polar surface area (TPSA) is 88.9 Å². The summed E-state index contributed by atoms with van der Waals surface area (Å²) in [6.07, 6.45) is 4.36. The number of nitrogens with zero attached hydrogens (tertiary/aromatic N) is 1. The lowest BCUT2D eigenvalue weighted by Crippen LogP contribution is -2.48. The Morgan fingerprint density at radius 1 is 1.07 bits per heavy atom. The van der Waals surface area contributed by atoms with Crippen molar-refractivity contribution in [2.24, 2.45) is 11.3 Å². The number of methoxy groups -OCH3 is 1. The molecule has 1 saturated heterocycles. The Kier molecular flexibility index (Phi) is 11.5. The van der Waals surface area contributed by atoms with Gasteiger partial charge in [-0.15, -0.1) is 0 Å². The van der Waals surface area contributed by atoms with Crippen molar-refractivity contribution in [3.8, 4) is 11.5 Å². The normalized spacial score (nSPS) is 24.6. The molecule has 1 aliphatic carbocycles. The number of benzene rings is 2. The van der Waals surface area contributed by atoms with E-state index in [2.05, 4.69) is 26.0 Å². The summed E-state index contributed by atoms with van der Waals surface area (Å²) < 4.78 is 65.6. The molecule has 1 N–H and O–H groups in total. The Hall–Kier alpha value is -2.72. The number of hydrogen-bond acceptors (Lipinski definition) is 6. The minimum Gasteiger partial charge on any atom is -0.497 e. The van der Waals surface area contributed by atoms with Gasteiger partial charge in [0, 0.05) is 46.8 Å². The quantitative estimate of drug-likeness (QED) is 0.236. The number of amides is 1. The van der Waals surface area contributed by atoms with Gasteiger partial charge in [-0.2, -0.15) is 0 Å². The van der Waals surface area contributed by atoms with E-state index in [9.17, 15) is 17.8 Å². The van der Waals surface area contributed by atoms with Crippen LogP contribution in [-0.2, 0) is 31.2 Å². The molecule has 1 heterocycles. The van der Waals surface area contributed by atoms with Crippen LogP contribution >= 0.6 is 0 Å². The van der Waals surface area contributed by atoms with Crippen molar-refractivity contribution >= 4 is 15.6 Å². The second-order valence-electron chi connectivity index (χ2n) is 14.6. The Labute approximate surface area is 274 Å². The molecule has 7 nitrogen and oxygen atoms in total. The van der Waals surface area contributed by atoms with Crippen LogP contribution in [0.15, 0.2) is 48.5 Å². The zero-order valence-corrected chi connectivity index (χ0v) is 29.1. The zero-order valence-electron chi connectivity index (χ0n) is 28.3. The highest BCUT2D eigenvalue weighted by atomic mass is 32.2. The van der Waals surface area contributed by atoms with Crippen LogP contribution in [-0.4, -0.2) is 65.4 Å². The van der Waals surface area contributed by atoms with Gasteiger partial charge in [0.1, 0.15) is 16.9 Å². The van der Waals surface area contributed by atoms with Crippen LogP contribution in [0.5, 0.6) is 11.5 Å². The molecular formula is C36H52F2N2O5S. The van der Waals surface area contributed by atoms with Gasteiger partial charge in [-0.05, 0) is 114 Å². The third kappa shape index (κ3) is 9.43. The van der Waals surface area contributed by atoms with Gasteiger partial charge in [-0.1, -0.05) is 24.3 Å². The van der Waals surface area contributed by atoms with Gasteiger partial charge in [-0.25, -0.2) is 8.78 Å². The van der Waals surface area contributed by atoms with Crippen molar-refractivity contribution in [1.82, 2.24) is 4.90 Å². The van der Waals surface area contributed by atoms with Crippen molar-refractivity contribution in [1.29, 1.82) is 4.78 Å². The van der Waals surface area contributed by atoms with E-state index in [0.717, 1.165) is 61.2 Å². The van der Waals surface area contributed by atoms with Crippen molar-refractivity contribution in [3.63, 3.8) is 0 Å². The predicted molar refractivity (Wildman–Crippen MR) is 178 cm³/mol. The lowest BCUT2D eigenvalue weighted by atomic mass is 9.67. The lowest BCUT2D eigenvalue weighted by Gasteiger charge is -2.46. The van der Waals surface area contributed by atoms with Gasteiger partial charge in [-0.3, -0.25) is 13.8 Å². The largest absolute Gasteiger partial charge is 0.497 e. The molecule has 10 heteroatoms. The molecule has 1 aliphatic heterocycles. The molecule has 2 fully saturated rings. The highest BCUT2D eigenvalue weighted by molar-refractivity contribution is 7.91. The molecule has 2 atom stereocenters. The van der Waals surface area contributed by atoms with Crippen molar-refractivity contribution in [2.45, 2.75) is 103 Å². The van der Waals surface area contributed by atoms with Crippen LogP contribution in [0.4, 0.5) is 8.78 Å². The summed E-state index contributed by atoms with van der Waals surface area (Å²) in [6, 6.07) is 15.6. The minimum atomic E-state index is -2.80. The summed E-state index contributed by atoms with van der Waals surface area (Å²) in [7, 11) is -0.859. The van der Waals surface area contributed by atoms with Crippen LogP contribution in [0.25, 0.3) is 0 Å². The molecule has 2 aromatic carbocycles. The van der Waals surface area contributed by atoms with Crippen LogP contribution in [0.2, 0.25) is 0 Å². The van der Waals surface area contributed by atoms with E-state index >= 15 is 0 Å². The third-order valence-electron chi connectivity index (χ3n) is 9.73. The Balaban J connectivity index is 1.49. The van der Waals surface area contributed by atoms with E-state index < -0.39 is 27.5 Å². The van der Waals surface area contributed by atoms with Crippen LogP contribution < -0.4 is 9.47 Å². The summed E-state index contributed by atoms with van der Waals surface area (Å²) in [5, 5.41) is 0. The second-order valence-corrected chi connectivity index (χ2v) is 17.0. The first-order valence-electron chi connectivity index (χ1n) is 16.3. The van der Waals surface area contributed by atoms with E-state index in [1.807, 2.05) is 36.4 Å². The van der Waals surface area contributed by atoms with Crippen LogP contribution in [0.3, 0.4) is 0 Å². The number of alkyl halides is 2. The molecule has 0 aromatic heterocycles.